The Balaban J connectivity index is 2.16. The number of nitrogens with zero attached hydrogens (tertiary/aromatic N) is 1. The lowest BCUT2D eigenvalue weighted by molar-refractivity contribution is 0.0993. The van der Waals surface area contributed by atoms with Crippen LogP contribution in [0.2, 0.25) is 5.15 Å². The lowest BCUT2D eigenvalue weighted by atomic mass is 10.0. The van der Waals surface area contributed by atoms with E-state index in [0.29, 0.717) is 17.1 Å². The van der Waals surface area contributed by atoms with Gasteiger partial charge in [0.25, 0.3) is 0 Å². The molecule has 0 fully saturated rings. The molecule has 0 amide bonds. The minimum absolute atomic E-state index is 0.00699. The van der Waals surface area contributed by atoms with Gasteiger partial charge in [0.1, 0.15) is 10.9 Å². The standard InChI is InChI=1S/C14H12ClNO2/c1-18-12-4-2-3-10(7-12)8-13(17)11-5-6-16-14(15)9-11/h2-7,9H,8H2,1H3. The maximum atomic E-state index is 12.0. The van der Waals surface area contributed by atoms with Crippen molar-refractivity contribution in [2.45, 2.75) is 6.42 Å². The summed E-state index contributed by atoms with van der Waals surface area (Å²) in [5.41, 5.74) is 1.48. The molecule has 0 N–H and O–H groups in total. The van der Waals surface area contributed by atoms with Gasteiger partial charge in [-0.1, -0.05) is 23.7 Å². The van der Waals surface area contributed by atoms with E-state index in [-0.39, 0.29) is 5.78 Å². The van der Waals surface area contributed by atoms with Gasteiger partial charge in [0.05, 0.1) is 7.11 Å². The molecule has 2 aromatic rings. The van der Waals surface area contributed by atoms with Gasteiger partial charge in [-0.15, -0.1) is 0 Å². The smallest absolute Gasteiger partial charge is 0.167 e. The first-order chi connectivity index (χ1) is 8.69. The van der Waals surface area contributed by atoms with Crippen LogP contribution in [0.25, 0.3) is 0 Å². The first kappa shape index (κ1) is 12.6. The third kappa shape index (κ3) is 3.08. The Morgan fingerprint density at radius 3 is 2.89 bits per heavy atom. The van der Waals surface area contributed by atoms with Crippen molar-refractivity contribution in [2.75, 3.05) is 7.11 Å². The number of carbonyl (C=O) groups excluding carboxylic acids is 1. The van der Waals surface area contributed by atoms with Gasteiger partial charge < -0.3 is 4.74 Å². The third-order valence-electron chi connectivity index (χ3n) is 2.55. The number of aromatic nitrogens is 1. The molecule has 92 valence electrons. The normalized spacial score (nSPS) is 10.1. The van der Waals surface area contributed by atoms with E-state index < -0.39 is 0 Å². The molecule has 0 aliphatic carbocycles. The zero-order valence-corrected chi connectivity index (χ0v) is 10.6. The summed E-state index contributed by atoms with van der Waals surface area (Å²) in [6.45, 7) is 0. The van der Waals surface area contributed by atoms with E-state index in [1.54, 1.807) is 19.2 Å². The van der Waals surface area contributed by atoms with Gasteiger partial charge in [0.15, 0.2) is 5.78 Å². The second kappa shape index (κ2) is 5.65. The summed E-state index contributed by atoms with van der Waals surface area (Å²) in [6, 6.07) is 10.7. The van der Waals surface area contributed by atoms with Gasteiger partial charge in [0, 0.05) is 18.2 Å². The second-order valence-electron chi connectivity index (χ2n) is 3.82. The SMILES string of the molecule is COc1cccc(CC(=O)c2ccnc(Cl)c2)c1. The predicted octanol–water partition coefficient (Wildman–Crippen LogP) is 3.17. The molecular weight excluding hydrogens is 250 g/mol. The number of methoxy groups -OCH3 is 1. The highest BCUT2D eigenvalue weighted by atomic mass is 35.5. The van der Waals surface area contributed by atoms with Crippen LogP contribution in [0.1, 0.15) is 15.9 Å². The largest absolute Gasteiger partial charge is 0.497 e. The molecule has 0 aliphatic heterocycles. The Hall–Kier alpha value is -1.87. The molecule has 0 spiro atoms. The summed E-state index contributed by atoms with van der Waals surface area (Å²) in [5.74, 6) is 0.751. The third-order valence-corrected chi connectivity index (χ3v) is 2.75. The molecule has 1 aromatic carbocycles. The van der Waals surface area contributed by atoms with Gasteiger partial charge in [-0.05, 0) is 29.8 Å². The molecule has 0 bridgehead atoms. The van der Waals surface area contributed by atoms with Crippen molar-refractivity contribution in [3.63, 3.8) is 0 Å². The lowest BCUT2D eigenvalue weighted by Crippen LogP contribution is -2.03. The highest BCUT2D eigenvalue weighted by Crippen LogP contribution is 2.15. The minimum Gasteiger partial charge on any atom is -0.497 e. The van der Waals surface area contributed by atoms with Crippen molar-refractivity contribution in [1.29, 1.82) is 0 Å². The van der Waals surface area contributed by atoms with Crippen LogP contribution in [0.5, 0.6) is 5.75 Å². The predicted molar refractivity (Wildman–Crippen MR) is 70.3 cm³/mol. The van der Waals surface area contributed by atoms with Gasteiger partial charge in [-0.2, -0.15) is 0 Å². The molecule has 1 aromatic heterocycles. The van der Waals surface area contributed by atoms with E-state index >= 15 is 0 Å². The second-order valence-corrected chi connectivity index (χ2v) is 4.21. The van der Waals surface area contributed by atoms with E-state index in [0.717, 1.165) is 11.3 Å². The zero-order valence-electron chi connectivity index (χ0n) is 9.89. The molecule has 4 heteroatoms. The Kier molecular flexibility index (Phi) is 3.95. The molecular formula is C14H12ClNO2. The number of benzene rings is 1. The van der Waals surface area contributed by atoms with E-state index in [2.05, 4.69) is 4.98 Å². The number of ketones is 1. The van der Waals surface area contributed by atoms with Crippen LogP contribution in [0.4, 0.5) is 0 Å². The lowest BCUT2D eigenvalue weighted by Gasteiger charge is -2.04. The van der Waals surface area contributed by atoms with E-state index in [4.69, 9.17) is 16.3 Å². The van der Waals surface area contributed by atoms with Crippen LogP contribution in [0, 0.1) is 0 Å². The number of pyridine rings is 1. The summed E-state index contributed by atoms with van der Waals surface area (Å²) >= 11 is 5.76. The average molecular weight is 262 g/mol. The molecule has 18 heavy (non-hydrogen) atoms. The summed E-state index contributed by atoms with van der Waals surface area (Å²) in [4.78, 5) is 15.9. The molecule has 0 saturated carbocycles. The first-order valence-corrected chi connectivity index (χ1v) is 5.84. The van der Waals surface area contributed by atoms with Crippen molar-refractivity contribution < 1.29 is 9.53 Å². The molecule has 0 unspecified atom stereocenters. The highest BCUT2D eigenvalue weighted by Gasteiger charge is 2.08. The summed E-state index contributed by atoms with van der Waals surface area (Å²) in [7, 11) is 1.60. The number of carbonyl (C=O) groups is 1. The van der Waals surface area contributed by atoms with Gasteiger partial charge in [-0.3, -0.25) is 4.79 Å². The molecule has 1 heterocycles. The Morgan fingerprint density at radius 2 is 2.17 bits per heavy atom. The number of hydrogen-bond acceptors (Lipinski definition) is 3. The minimum atomic E-state index is 0.00699. The molecule has 0 radical (unpaired) electrons. The number of hydrogen-bond donors (Lipinski definition) is 0. The summed E-state index contributed by atoms with van der Waals surface area (Å²) < 4.78 is 5.12. The van der Waals surface area contributed by atoms with Crippen molar-refractivity contribution in [1.82, 2.24) is 4.98 Å². The monoisotopic (exact) mass is 261 g/mol. The van der Waals surface area contributed by atoms with Crippen molar-refractivity contribution in [2.24, 2.45) is 0 Å². The topological polar surface area (TPSA) is 39.2 Å². The number of halogens is 1. The zero-order chi connectivity index (χ0) is 13.0. The average Bonchev–Trinajstić information content (AvgIpc) is 2.39. The first-order valence-electron chi connectivity index (χ1n) is 5.47. The fourth-order valence-electron chi connectivity index (χ4n) is 1.65. The maximum absolute atomic E-state index is 12.0. The van der Waals surface area contributed by atoms with Crippen LogP contribution < -0.4 is 4.74 Å². The summed E-state index contributed by atoms with van der Waals surface area (Å²) in [6.07, 6.45) is 1.85. The molecule has 0 atom stereocenters. The van der Waals surface area contributed by atoms with Crippen molar-refractivity contribution >= 4 is 17.4 Å². The molecule has 0 saturated heterocycles. The van der Waals surface area contributed by atoms with Gasteiger partial charge >= 0.3 is 0 Å². The highest BCUT2D eigenvalue weighted by molar-refractivity contribution is 6.29. The quantitative estimate of drug-likeness (QED) is 0.627. The number of ether oxygens (including phenoxy) is 1. The maximum Gasteiger partial charge on any atom is 0.167 e. The van der Waals surface area contributed by atoms with Crippen molar-refractivity contribution in [3.8, 4) is 5.75 Å². The van der Waals surface area contributed by atoms with Gasteiger partial charge in [0.2, 0.25) is 0 Å². The Labute approximate surface area is 110 Å². The number of rotatable bonds is 4. The summed E-state index contributed by atoms with van der Waals surface area (Å²) in [5, 5.41) is 0.325. The van der Waals surface area contributed by atoms with Crippen LogP contribution in [0.15, 0.2) is 42.6 Å². The molecule has 2 rings (SSSR count). The van der Waals surface area contributed by atoms with E-state index in [1.807, 2.05) is 24.3 Å². The van der Waals surface area contributed by atoms with Crippen LogP contribution >= 0.6 is 11.6 Å². The number of Topliss-reactive ketones (excluding diaryl/α,β-unsaturated/α-hetero) is 1. The fraction of sp³-hybridized carbons (Fsp3) is 0.143. The molecule has 0 aliphatic rings. The van der Waals surface area contributed by atoms with E-state index in [9.17, 15) is 4.79 Å². The van der Waals surface area contributed by atoms with Crippen molar-refractivity contribution in [3.05, 3.63) is 58.9 Å². The Morgan fingerprint density at radius 1 is 1.33 bits per heavy atom. The van der Waals surface area contributed by atoms with Crippen LogP contribution in [-0.4, -0.2) is 17.9 Å². The van der Waals surface area contributed by atoms with Crippen LogP contribution in [0.3, 0.4) is 0 Å². The van der Waals surface area contributed by atoms with Crippen LogP contribution in [-0.2, 0) is 6.42 Å². The van der Waals surface area contributed by atoms with Gasteiger partial charge in [-0.25, -0.2) is 4.98 Å². The fourth-order valence-corrected chi connectivity index (χ4v) is 1.82. The Bertz CT molecular complexity index is 569. The molecule has 3 nitrogen and oxygen atoms in total. The van der Waals surface area contributed by atoms with E-state index in [1.165, 1.54) is 6.20 Å².